The second-order valence-electron chi connectivity index (χ2n) is 7.19. The van der Waals surface area contributed by atoms with Crippen LogP contribution in [0.1, 0.15) is 39.2 Å². The minimum Gasteiger partial charge on any atom is -0.477 e. The Hall–Kier alpha value is -3.44. The van der Waals surface area contributed by atoms with Crippen molar-refractivity contribution in [3.05, 3.63) is 99.7 Å². The van der Waals surface area contributed by atoms with Gasteiger partial charge in [0.15, 0.2) is 0 Å². The highest BCUT2D eigenvalue weighted by molar-refractivity contribution is 7.12. The average molecular weight is 416 g/mol. The van der Waals surface area contributed by atoms with Gasteiger partial charge in [0.2, 0.25) is 5.91 Å². The van der Waals surface area contributed by atoms with E-state index in [-0.39, 0.29) is 11.8 Å². The molecule has 150 valence electrons. The van der Waals surface area contributed by atoms with Crippen LogP contribution < -0.4 is 5.32 Å². The predicted molar refractivity (Wildman–Crippen MR) is 122 cm³/mol. The van der Waals surface area contributed by atoms with Crippen LogP contribution in [0.25, 0.3) is 10.8 Å². The number of para-hydroxylation sites is 1. The third kappa shape index (κ3) is 3.98. The summed E-state index contributed by atoms with van der Waals surface area (Å²) in [5, 5.41) is 16.4. The van der Waals surface area contributed by atoms with Crippen LogP contribution in [0.2, 0.25) is 0 Å². The molecule has 4 aromatic rings. The van der Waals surface area contributed by atoms with Crippen LogP contribution in [0, 0.1) is 0 Å². The quantitative estimate of drug-likeness (QED) is 0.410. The van der Waals surface area contributed by atoms with E-state index in [0.717, 1.165) is 27.5 Å². The lowest BCUT2D eigenvalue weighted by Crippen LogP contribution is -2.20. The number of carboxylic acids is 1. The van der Waals surface area contributed by atoms with E-state index in [9.17, 15) is 14.7 Å². The number of thiophene rings is 1. The number of benzene rings is 3. The Bertz CT molecular complexity index is 1220. The normalized spacial score (nSPS) is 11.9. The number of aromatic carboxylic acids is 1. The maximum Gasteiger partial charge on any atom is 0.346 e. The number of carbonyl (C=O) groups excluding carboxylic acids is 1. The molecule has 5 heteroatoms. The second-order valence-corrected chi connectivity index (χ2v) is 8.11. The van der Waals surface area contributed by atoms with Crippen molar-refractivity contribution in [2.45, 2.75) is 19.3 Å². The molecule has 1 heterocycles. The zero-order valence-electron chi connectivity index (χ0n) is 16.5. The number of carboxylic acid groups (broad SMARTS) is 1. The van der Waals surface area contributed by atoms with Crippen molar-refractivity contribution in [3.8, 4) is 0 Å². The van der Waals surface area contributed by atoms with Gasteiger partial charge in [-0.1, -0.05) is 60.7 Å². The second kappa shape index (κ2) is 8.51. The largest absolute Gasteiger partial charge is 0.477 e. The summed E-state index contributed by atoms with van der Waals surface area (Å²) < 4.78 is 0. The summed E-state index contributed by atoms with van der Waals surface area (Å²) in [7, 11) is 0. The Labute approximate surface area is 178 Å². The summed E-state index contributed by atoms with van der Waals surface area (Å²) in [6.45, 7) is 1.90. The molecule has 1 unspecified atom stereocenters. The van der Waals surface area contributed by atoms with Crippen LogP contribution in [0.5, 0.6) is 0 Å². The number of hydrogen-bond acceptors (Lipinski definition) is 3. The number of amides is 1. The fourth-order valence-electron chi connectivity index (χ4n) is 3.67. The van der Waals surface area contributed by atoms with Crippen molar-refractivity contribution in [2.24, 2.45) is 0 Å². The smallest absolute Gasteiger partial charge is 0.346 e. The summed E-state index contributed by atoms with van der Waals surface area (Å²) in [5.74, 6) is -1.35. The minimum absolute atomic E-state index is 0.0948. The Balaban J connectivity index is 1.59. The highest BCUT2D eigenvalue weighted by Crippen LogP contribution is 2.28. The molecular weight excluding hydrogens is 394 g/mol. The number of nitrogens with one attached hydrogen (secondary N) is 1. The zero-order valence-corrected chi connectivity index (χ0v) is 17.3. The maximum absolute atomic E-state index is 13.1. The van der Waals surface area contributed by atoms with E-state index in [2.05, 4.69) is 5.32 Å². The fourth-order valence-corrected chi connectivity index (χ4v) is 4.44. The van der Waals surface area contributed by atoms with Gasteiger partial charge in [0.05, 0.1) is 5.92 Å². The third-order valence-electron chi connectivity index (χ3n) is 5.28. The van der Waals surface area contributed by atoms with Gasteiger partial charge in [-0.3, -0.25) is 4.79 Å². The van der Waals surface area contributed by atoms with Gasteiger partial charge in [-0.2, -0.15) is 0 Å². The number of rotatable bonds is 6. The van der Waals surface area contributed by atoms with Crippen LogP contribution in [0.3, 0.4) is 0 Å². The lowest BCUT2D eigenvalue weighted by atomic mass is 9.94. The van der Waals surface area contributed by atoms with Crippen molar-refractivity contribution in [1.82, 2.24) is 0 Å². The van der Waals surface area contributed by atoms with E-state index in [1.807, 2.05) is 79.7 Å². The topological polar surface area (TPSA) is 66.4 Å². The first kappa shape index (κ1) is 19.9. The fraction of sp³-hybridized carbons (Fsp3) is 0.120. The summed E-state index contributed by atoms with van der Waals surface area (Å²) in [5.41, 5.74) is 3.32. The highest BCUT2D eigenvalue weighted by Gasteiger charge is 2.19. The molecule has 0 spiro atoms. The lowest BCUT2D eigenvalue weighted by molar-refractivity contribution is -0.117. The van der Waals surface area contributed by atoms with E-state index >= 15 is 0 Å². The number of carbonyl (C=O) groups is 2. The van der Waals surface area contributed by atoms with Crippen LogP contribution in [-0.2, 0) is 11.2 Å². The Morgan fingerprint density at radius 2 is 1.67 bits per heavy atom. The van der Waals surface area contributed by atoms with Gasteiger partial charge in [-0.25, -0.2) is 4.79 Å². The van der Waals surface area contributed by atoms with Gasteiger partial charge in [0, 0.05) is 12.1 Å². The Morgan fingerprint density at radius 3 is 2.50 bits per heavy atom. The van der Waals surface area contributed by atoms with Crippen LogP contribution in [0.4, 0.5) is 5.69 Å². The molecule has 0 aliphatic carbocycles. The first-order chi connectivity index (χ1) is 14.5. The number of anilines is 1. The molecule has 4 rings (SSSR count). The predicted octanol–water partition coefficient (Wildman–Crippen LogP) is 5.93. The molecule has 0 bridgehead atoms. The molecule has 0 saturated heterocycles. The average Bonchev–Trinajstić information content (AvgIpc) is 3.22. The van der Waals surface area contributed by atoms with Gasteiger partial charge in [0.1, 0.15) is 4.88 Å². The van der Waals surface area contributed by atoms with E-state index in [0.29, 0.717) is 17.0 Å². The Morgan fingerprint density at radius 1 is 0.933 bits per heavy atom. The summed E-state index contributed by atoms with van der Waals surface area (Å²) in [6.07, 6.45) is 0.449. The molecule has 0 aliphatic rings. The molecule has 30 heavy (non-hydrogen) atoms. The van der Waals surface area contributed by atoms with Crippen LogP contribution in [-0.4, -0.2) is 17.0 Å². The van der Waals surface area contributed by atoms with E-state index < -0.39 is 5.97 Å². The van der Waals surface area contributed by atoms with E-state index in [4.69, 9.17) is 0 Å². The van der Waals surface area contributed by atoms with Crippen molar-refractivity contribution in [2.75, 3.05) is 5.32 Å². The number of hydrogen-bond donors (Lipinski definition) is 2. The molecule has 1 amide bonds. The first-order valence-corrected chi connectivity index (χ1v) is 10.6. The maximum atomic E-state index is 13.1. The van der Waals surface area contributed by atoms with Crippen molar-refractivity contribution in [3.63, 3.8) is 0 Å². The molecular formula is C25H21NO3S. The van der Waals surface area contributed by atoms with Gasteiger partial charge in [-0.15, -0.1) is 11.3 Å². The van der Waals surface area contributed by atoms with Gasteiger partial charge in [0.25, 0.3) is 0 Å². The zero-order chi connectivity index (χ0) is 21.1. The molecule has 2 N–H and O–H groups in total. The van der Waals surface area contributed by atoms with E-state index in [1.165, 1.54) is 11.3 Å². The summed E-state index contributed by atoms with van der Waals surface area (Å²) >= 11 is 1.21. The SMILES string of the molecule is CC(C(=O)Nc1ccccc1Cc1ccsc1C(=O)O)c1cccc2ccccc12. The molecule has 1 atom stereocenters. The monoisotopic (exact) mass is 415 g/mol. The highest BCUT2D eigenvalue weighted by atomic mass is 32.1. The minimum atomic E-state index is -0.925. The molecule has 0 saturated carbocycles. The van der Waals surface area contributed by atoms with Crippen molar-refractivity contribution >= 4 is 39.7 Å². The molecule has 1 aromatic heterocycles. The molecule has 0 aliphatic heterocycles. The Kier molecular flexibility index (Phi) is 5.63. The molecule has 3 aromatic carbocycles. The van der Waals surface area contributed by atoms with Gasteiger partial charge >= 0.3 is 5.97 Å². The van der Waals surface area contributed by atoms with Gasteiger partial charge in [-0.05, 0) is 51.9 Å². The summed E-state index contributed by atoms with van der Waals surface area (Å²) in [6, 6.07) is 23.4. The molecule has 0 fully saturated rings. The van der Waals surface area contributed by atoms with E-state index in [1.54, 1.807) is 5.38 Å². The van der Waals surface area contributed by atoms with Crippen LogP contribution >= 0.6 is 11.3 Å². The lowest BCUT2D eigenvalue weighted by Gasteiger charge is -2.17. The van der Waals surface area contributed by atoms with Crippen LogP contribution in [0.15, 0.2) is 78.2 Å². The van der Waals surface area contributed by atoms with Gasteiger partial charge < -0.3 is 10.4 Å². The van der Waals surface area contributed by atoms with Crippen molar-refractivity contribution in [1.29, 1.82) is 0 Å². The third-order valence-corrected chi connectivity index (χ3v) is 6.22. The summed E-state index contributed by atoms with van der Waals surface area (Å²) in [4.78, 5) is 24.8. The molecule has 0 radical (unpaired) electrons. The number of fused-ring (bicyclic) bond motifs is 1. The molecule has 4 nitrogen and oxygen atoms in total. The van der Waals surface area contributed by atoms with Crippen molar-refractivity contribution < 1.29 is 14.7 Å². The standard InChI is InChI=1S/C25H21NO3S/c1-16(20-11-6-9-17-7-2-4-10-21(17)20)24(27)26-22-12-5-3-8-18(22)15-19-13-14-30-23(19)25(28)29/h2-14,16H,15H2,1H3,(H,26,27)(H,28,29). The first-order valence-electron chi connectivity index (χ1n) is 9.70.